The average Bonchev–Trinajstić information content (AvgIpc) is 2.46. The summed E-state index contributed by atoms with van der Waals surface area (Å²) in [6.07, 6.45) is 0.131. The second kappa shape index (κ2) is 7.29. The zero-order chi connectivity index (χ0) is 16.9. The van der Waals surface area contributed by atoms with Gasteiger partial charge < -0.3 is 15.2 Å². The molecule has 0 saturated carbocycles. The first-order chi connectivity index (χ1) is 10.8. The van der Waals surface area contributed by atoms with Crippen molar-refractivity contribution in [3.05, 3.63) is 60.2 Å². The highest BCUT2D eigenvalue weighted by Crippen LogP contribution is 2.25. The van der Waals surface area contributed by atoms with Crippen LogP contribution in [0.25, 0.3) is 0 Å². The lowest BCUT2D eigenvalue weighted by atomic mass is 10.0. The molecular weight excluding hydrogens is 290 g/mol. The van der Waals surface area contributed by atoms with Gasteiger partial charge in [-0.25, -0.2) is 0 Å². The molecule has 0 heterocycles. The number of para-hydroxylation sites is 1. The molecule has 0 amide bonds. The molecule has 0 aliphatic heterocycles. The molecule has 23 heavy (non-hydrogen) atoms. The summed E-state index contributed by atoms with van der Waals surface area (Å²) in [7, 11) is 0. The minimum absolute atomic E-state index is 0.131. The van der Waals surface area contributed by atoms with E-state index in [1.54, 1.807) is 0 Å². The van der Waals surface area contributed by atoms with E-state index >= 15 is 0 Å². The number of benzene rings is 2. The third kappa shape index (κ3) is 5.75. The fourth-order valence-electron chi connectivity index (χ4n) is 2.11. The summed E-state index contributed by atoms with van der Waals surface area (Å²) in [4.78, 5) is 11.9. The molecule has 0 fully saturated rings. The Morgan fingerprint density at radius 2 is 1.70 bits per heavy atom. The third-order valence-corrected chi connectivity index (χ3v) is 3.07. The Labute approximate surface area is 137 Å². The Hall–Kier alpha value is -2.33. The summed E-state index contributed by atoms with van der Waals surface area (Å²) in [5, 5.41) is 0. The first-order valence-electron chi connectivity index (χ1n) is 7.64. The maximum atomic E-state index is 11.9. The van der Waals surface area contributed by atoms with Crippen molar-refractivity contribution >= 4 is 5.97 Å². The zero-order valence-electron chi connectivity index (χ0n) is 13.8. The van der Waals surface area contributed by atoms with Gasteiger partial charge in [-0.05, 0) is 50.6 Å². The summed E-state index contributed by atoms with van der Waals surface area (Å²) in [5.41, 5.74) is 6.45. The first-order valence-corrected chi connectivity index (χ1v) is 7.64. The van der Waals surface area contributed by atoms with Gasteiger partial charge in [-0.1, -0.05) is 30.3 Å². The number of hydrogen-bond donors (Lipinski definition) is 1. The molecular formula is C19H23NO3. The molecule has 0 aliphatic rings. The second-order valence-corrected chi connectivity index (χ2v) is 6.38. The molecule has 1 atom stereocenters. The highest BCUT2D eigenvalue weighted by Gasteiger charge is 2.19. The van der Waals surface area contributed by atoms with Crippen molar-refractivity contribution < 1.29 is 14.3 Å². The van der Waals surface area contributed by atoms with Gasteiger partial charge in [0.05, 0.1) is 6.42 Å². The van der Waals surface area contributed by atoms with Crippen LogP contribution in [0.5, 0.6) is 11.5 Å². The van der Waals surface area contributed by atoms with Crippen LogP contribution in [0.1, 0.15) is 38.8 Å². The number of ether oxygens (including phenoxy) is 2. The number of carbonyl (C=O) groups excluding carboxylic acids is 1. The molecule has 0 aromatic heterocycles. The molecule has 4 heteroatoms. The molecule has 0 aliphatic carbocycles. The smallest absolute Gasteiger partial charge is 0.308 e. The monoisotopic (exact) mass is 313 g/mol. The van der Waals surface area contributed by atoms with Crippen molar-refractivity contribution in [1.82, 2.24) is 0 Å². The van der Waals surface area contributed by atoms with Crippen molar-refractivity contribution in [1.29, 1.82) is 0 Å². The van der Waals surface area contributed by atoms with Crippen molar-refractivity contribution in [3.63, 3.8) is 0 Å². The van der Waals surface area contributed by atoms with E-state index in [9.17, 15) is 4.79 Å². The third-order valence-electron chi connectivity index (χ3n) is 3.07. The number of carbonyl (C=O) groups is 1. The van der Waals surface area contributed by atoms with Crippen molar-refractivity contribution in [2.45, 2.75) is 38.8 Å². The van der Waals surface area contributed by atoms with Crippen LogP contribution in [-0.4, -0.2) is 11.6 Å². The van der Waals surface area contributed by atoms with E-state index in [2.05, 4.69) is 0 Å². The highest BCUT2D eigenvalue weighted by atomic mass is 16.6. The summed E-state index contributed by atoms with van der Waals surface area (Å²) >= 11 is 0. The molecule has 0 saturated heterocycles. The van der Waals surface area contributed by atoms with E-state index in [0.29, 0.717) is 5.75 Å². The zero-order valence-corrected chi connectivity index (χ0v) is 13.8. The van der Waals surface area contributed by atoms with Crippen LogP contribution in [0.4, 0.5) is 0 Å². The molecule has 0 spiro atoms. The lowest BCUT2D eigenvalue weighted by Gasteiger charge is -2.21. The Balaban J connectivity index is 2.02. The quantitative estimate of drug-likeness (QED) is 0.840. The summed E-state index contributed by atoms with van der Waals surface area (Å²) in [6, 6.07) is 16.5. The maximum Gasteiger partial charge on any atom is 0.308 e. The molecule has 2 aromatic carbocycles. The minimum atomic E-state index is -0.505. The molecule has 4 nitrogen and oxygen atoms in total. The fourth-order valence-corrected chi connectivity index (χ4v) is 2.11. The van der Waals surface area contributed by atoms with E-state index in [1.807, 2.05) is 75.4 Å². The lowest BCUT2D eigenvalue weighted by Crippen LogP contribution is -2.26. The number of hydrogen-bond acceptors (Lipinski definition) is 4. The van der Waals surface area contributed by atoms with Gasteiger partial charge in [0.1, 0.15) is 17.1 Å². The van der Waals surface area contributed by atoms with Crippen LogP contribution in [0, 0.1) is 0 Å². The van der Waals surface area contributed by atoms with Crippen LogP contribution in [0.15, 0.2) is 54.6 Å². The van der Waals surface area contributed by atoms with Gasteiger partial charge in [-0.15, -0.1) is 0 Å². The lowest BCUT2D eigenvalue weighted by molar-refractivity contribution is -0.155. The van der Waals surface area contributed by atoms with Crippen LogP contribution in [-0.2, 0) is 9.53 Å². The van der Waals surface area contributed by atoms with Crippen LogP contribution in [0.2, 0.25) is 0 Å². The minimum Gasteiger partial charge on any atom is -0.460 e. The Morgan fingerprint density at radius 1 is 1.04 bits per heavy atom. The van der Waals surface area contributed by atoms with Gasteiger partial charge in [0.15, 0.2) is 0 Å². The summed E-state index contributed by atoms with van der Waals surface area (Å²) in [5.74, 6) is 1.14. The van der Waals surface area contributed by atoms with Gasteiger partial charge in [-0.3, -0.25) is 4.79 Å². The van der Waals surface area contributed by atoms with Crippen LogP contribution >= 0.6 is 0 Å². The van der Waals surface area contributed by atoms with E-state index in [1.165, 1.54) is 0 Å². The molecule has 2 aromatic rings. The summed E-state index contributed by atoms with van der Waals surface area (Å²) in [6.45, 7) is 5.51. The fraction of sp³-hybridized carbons (Fsp3) is 0.316. The van der Waals surface area contributed by atoms with Crippen molar-refractivity contribution in [2.24, 2.45) is 5.73 Å². The SMILES string of the molecule is CC(C)(C)OC(=O)C[C@H](N)c1cccc(Oc2ccccc2)c1. The van der Waals surface area contributed by atoms with Gasteiger partial charge in [0, 0.05) is 6.04 Å². The largest absolute Gasteiger partial charge is 0.460 e. The predicted octanol–water partition coefficient (Wildman–Crippen LogP) is 4.21. The number of esters is 1. The van der Waals surface area contributed by atoms with E-state index in [4.69, 9.17) is 15.2 Å². The molecule has 0 radical (unpaired) electrons. The predicted molar refractivity (Wildman–Crippen MR) is 90.3 cm³/mol. The standard InChI is InChI=1S/C19H23NO3/c1-19(2,3)23-18(21)13-17(20)14-8-7-11-16(12-14)22-15-9-5-4-6-10-15/h4-12,17H,13,20H2,1-3H3/t17-/m0/s1. The maximum absolute atomic E-state index is 11.9. The highest BCUT2D eigenvalue weighted by molar-refractivity contribution is 5.71. The molecule has 2 rings (SSSR count). The van der Waals surface area contributed by atoms with Gasteiger partial charge in [0.25, 0.3) is 0 Å². The van der Waals surface area contributed by atoms with Gasteiger partial charge >= 0.3 is 5.97 Å². The second-order valence-electron chi connectivity index (χ2n) is 6.38. The molecule has 2 N–H and O–H groups in total. The Kier molecular flexibility index (Phi) is 5.40. The first kappa shape index (κ1) is 17.0. The van der Waals surface area contributed by atoms with Gasteiger partial charge in [0.2, 0.25) is 0 Å². The van der Waals surface area contributed by atoms with E-state index in [-0.39, 0.29) is 12.4 Å². The molecule has 122 valence electrons. The van der Waals surface area contributed by atoms with Crippen molar-refractivity contribution in [2.75, 3.05) is 0 Å². The van der Waals surface area contributed by atoms with Crippen LogP contribution < -0.4 is 10.5 Å². The molecule has 0 bridgehead atoms. The number of rotatable bonds is 5. The number of nitrogens with two attached hydrogens (primary N) is 1. The van der Waals surface area contributed by atoms with E-state index < -0.39 is 11.6 Å². The molecule has 0 unspecified atom stereocenters. The topological polar surface area (TPSA) is 61.5 Å². The van der Waals surface area contributed by atoms with Gasteiger partial charge in [-0.2, -0.15) is 0 Å². The van der Waals surface area contributed by atoms with Crippen molar-refractivity contribution in [3.8, 4) is 11.5 Å². The van der Waals surface area contributed by atoms with E-state index in [0.717, 1.165) is 11.3 Å². The Bertz CT molecular complexity index is 647. The summed E-state index contributed by atoms with van der Waals surface area (Å²) < 4.78 is 11.1. The Morgan fingerprint density at radius 3 is 2.35 bits per heavy atom. The average molecular weight is 313 g/mol. The normalized spacial score (nSPS) is 12.5. The van der Waals surface area contributed by atoms with Crippen LogP contribution in [0.3, 0.4) is 0 Å².